The molecule has 1 heterocycles. The molecular weight excluding hydrogens is 302 g/mol. The standard InChI is InChI=1S/C19H37N3O2/c1-2-3-11-14-19(21-22-19)15-12-9-7-5-4-6-8-10-13-18(24)17(20)16-23/h2,10,13,17-18,21-24H,1,3-9,11-12,14-16,20H2/b13-10+/t17-,18+/m0/s1. The monoisotopic (exact) mass is 339 g/mol. The van der Waals surface area contributed by atoms with Crippen LogP contribution in [0, 0.1) is 0 Å². The topological polar surface area (TPSA) is 110 Å². The number of hydrogen-bond donors (Lipinski definition) is 5. The van der Waals surface area contributed by atoms with E-state index in [1.165, 1.54) is 51.4 Å². The van der Waals surface area contributed by atoms with E-state index < -0.39 is 12.1 Å². The first-order valence-electron chi connectivity index (χ1n) is 9.50. The van der Waals surface area contributed by atoms with E-state index in [-0.39, 0.29) is 12.3 Å². The average molecular weight is 340 g/mol. The number of hydrazine groups is 1. The number of rotatable bonds is 16. The van der Waals surface area contributed by atoms with Crippen LogP contribution in [-0.4, -0.2) is 34.6 Å². The molecule has 6 N–H and O–H groups in total. The van der Waals surface area contributed by atoms with Gasteiger partial charge in [-0.25, -0.2) is 10.9 Å². The summed E-state index contributed by atoms with van der Waals surface area (Å²) >= 11 is 0. The van der Waals surface area contributed by atoms with Gasteiger partial charge in [-0.1, -0.05) is 50.3 Å². The highest BCUT2D eigenvalue weighted by atomic mass is 16.3. The second kappa shape index (κ2) is 12.6. The fourth-order valence-electron chi connectivity index (χ4n) is 2.89. The van der Waals surface area contributed by atoms with Crippen LogP contribution in [-0.2, 0) is 0 Å². The summed E-state index contributed by atoms with van der Waals surface area (Å²) in [4.78, 5) is 0. The first-order chi connectivity index (χ1) is 11.6. The Morgan fingerprint density at radius 3 is 2.21 bits per heavy atom. The lowest BCUT2D eigenvalue weighted by Gasteiger charge is -2.11. The largest absolute Gasteiger partial charge is 0.395 e. The molecule has 1 saturated heterocycles. The van der Waals surface area contributed by atoms with Gasteiger partial charge in [0, 0.05) is 0 Å². The quantitative estimate of drug-likeness (QED) is 0.169. The predicted octanol–water partition coefficient (Wildman–Crippen LogP) is 2.50. The SMILES string of the molecule is C=CCCCC1(CCCCCCCC/C=C/[C@@H](O)[C@@H](N)CO)NN1. The zero-order chi connectivity index (χ0) is 17.7. The molecule has 0 saturated carbocycles. The maximum Gasteiger partial charge on any atom is 0.0943 e. The molecule has 0 aromatic heterocycles. The minimum atomic E-state index is -0.738. The van der Waals surface area contributed by atoms with E-state index >= 15 is 0 Å². The van der Waals surface area contributed by atoms with Crippen molar-refractivity contribution in [1.29, 1.82) is 0 Å². The molecule has 1 fully saturated rings. The Bertz CT molecular complexity index is 357. The molecule has 0 aliphatic carbocycles. The number of allylic oxidation sites excluding steroid dienone is 2. The maximum atomic E-state index is 9.57. The van der Waals surface area contributed by atoms with Crippen molar-refractivity contribution in [3.63, 3.8) is 0 Å². The molecule has 0 radical (unpaired) electrons. The molecule has 0 unspecified atom stereocenters. The molecular formula is C19H37N3O2. The third-order valence-electron chi connectivity index (χ3n) is 4.70. The van der Waals surface area contributed by atoms with E-state index in [2.05, 4.69) is 17.4 Å². The van der Waals surface area contributed by atoms with Crippen LogP contribution in [0.4, 0.5) is 0 Å². The number of hydrogen-bond acceptors (Lipinski definition) is 5. The fourth-order valence-corrected chi connectivity index (χ4v) is 2.89. The van der Waals surface area contributed by atoms with Gasteiger partial charge in [-0.2, -0.15) is 0 Å². The van der Waals surface area contributed by atoms with Crippen molar-refractivity contribution in [2.24, 2.45) is 5.73 Å². The summed E-state index contributed by atoms with van der Waals surface area (Å²) in [6, 6.07) is -0.572. The van der Waals surface area contributed by atoms with E-state index in [4.69, 9.17) is 10.8 Å². The Kier molecular flexibility index (Phi) is 11.2. The summed E-state index contributed by atoms with van der Waals surface area (Å²) in [5, 5.41) is 18.4. The van der Waals surface area contributed by atoms with E-state index in [0.717, 1.165) is 19.3 Å². The highest BCUT2D eigenvalue weighted by Gasteiger charge is 2.39. The minimum absolute atomic E-state index is 0.188. The summed E-state index contributed by atoms with van der Waals surface area (Å²) in [6.07, 6.45) is 18.1. The molecule has 2 atom stereocenters. The number of aliphatic hydroxyl groups is 2. The van der Waals surface area contributed by atoms with Gasteiger partial charge in [0.2, 0.25) is 0 Å². The Morgan fingerprint density at radius 1 is 0.958 bits per heavy atom. The van der Waals surface area contributed by atoms with Crippen molar-refractivity contribution in [2.75, 3.05) is 6.61 Å². The van der Waals surface area contributed by atoms with Gasteiger partial charge in [0.05, 0.1) is 24.4 Å². The fraction of sp³-hybridized carbons (Fsp3) is 0.789. The summed E-state index contributed by atoms with van der Waals surface area (Å²) in [7, 11) is 0. The molecule has 5 nitrogen and oxygen atoms in total. The molecule has 0 aromatic rings. The van der Waals surface area contributed by atoms with Crippen LogP contribution in [0.3, 0.4) is 0 Å². The molecule has 24 heavy (non-hydrogen) atoms. The van der Waals surface area contributed by atoms with Gasteiger partial charge in [-0.15, -0.1) is 6.58 Å². The van der Waals surface area contributed by atoms with E-state index in [1.54, 1.807) is 6.08 Å². The van der Waals surface area contributed by atoms with Gasteiger partial charge in [0.1, 0.15) is 0 Å². The van der Waals surface area contributed by atoms with Crippen molar-refractivity contribution >= 4 is 0 Å². The maximum absolute atomic E-state index is 9.57. The van der Waals surface area contributed by atoms with E-state index in [1.807, 2.05) is 12.2 Å². The van der Waals surface area contributed by atoms with Crippen molar-refractivity contribution in [1.82, 2.24) is 10.9 Å². The zero-order valence-corrected chi connectivity index (χ0v) is 15.1. The smallest absolute Gasteiger partial charge is 0.0943 e. The summed E-state index contributed by atoms with van der Waals surface area (Å²) in [5.74, 6) is 0. The van der Waals surface area contributed by atoms with Crippen molar-refractivity contribution in [3.8, 4) is 0 Å². The molecule has 1 aliphatic rings. The van der Waals surface area contributed by atoms with Crippen molar-refractivity contribution < 1.29 is 10.2 Å². The van der Waals surface area contributed by atoms with Gasteiger partial charge in [0.15, 0.2) is 0 Å². The zero-order valence-electron chi connectivity index (χ0n) is 15.1. The van der Waals surface area contributed by atoms with E-state index in [0.29, 0.717) is 0 Å². The first kappa shape index (κ1) is 21.3. The molecule has 0 spiro atoms. The van der Waals surface area contributed by atoms with Crippen molar-refractivity contribution in [3.05, 3.63) is 24.8 Å². The third-order valence-corrected chi connectivity index (χ3v) is 4.70. The van der Waals surface area contributed by atoms with Gasteiger partial charge >= 0.3 is 0 Å². The van der Waals surface area contributed by atoms with Crippen LogP contribution in [0.1, 0.15) is 70.6 Å². The van der Waals surface area contributed by atoms with Crippen LogP contribution in [0.2, 0.25) is 0 Å². The lowest BCUT2D eigenvalue weighted by molar-refractivity contribution is 0.144. The number of nitrogens with one attached hydrogen (secondary N) is 2. The predicted molar refractivity (Wildman–Crippen MR) is 100 cm³/mol. The lowest BCUT2D eigenvalue weighted by Crippen LogP contribution is -2.36. The third kappa shape index (κ3) is 9.55. The Labute approximate surface area is 147 Å². The molecule has 0 bridgehead atoms. The molecule has 1 aliphatic heterocycles. The van der Waals surface area contributed by atoms with Gasteiger partial charge < -0.3 is 15.9 Å². The summed E-state index contributed by atoms with van der Waals surface area (Å²) < 4.78 is 0. The van der Waals surface area contributed by atoms with Crippen LogP contribution in [0.15, 0.2) is 24.8 Å². The average Bonchev–Trinajstić information content (AvgIpc) is 3.35. The van der Waals surface area contributed by atoms with Crippen LogP contribution in [0.25, 0.3) is 0 Å². The highest BCUT2D eigenvalue weighted by molar-refractivity contribution is 4.94. The van der Waals surface area contributed by atoms with Gasteiger partial charge in [0.25, 0.3) is 0 Å². The molecule has 140 valence electrons. The Morgan fingerprint density at radius 2 is 1.58 bits per heavy atom. The number of unbranched alkanes of at least 4 members (excludes halogenated alkanes) is 7. The Hall–Kier alpha value is -0.720. The minimum Gasteiger partial charge on any atom is -0.395 e. The lowest BCUT2D eigenvalue weighted by atomic mass is 9.99. The summed E-state index contributed by atoms with van der Waals surface area (Å²) in [6.45, 7) is 3.58. The molecule has 0 aromatic carbocycles. The van der Waals surface area contributed by atoms with Crippen molar-refractivity contribution in [2.45, 2.75) is 88.4 Å². The second-order valence-corrected chi connectivity index (χ2v) is 6.94. The van der Waals surface area contributed by atoms with Crippen LogP contribution >= 0.6 is 0 Å². The Balaban J connectivity index is 1.89. The van der Waals surface area contributed by atoms with Crippen LogP contribution in [0.5, 0.6) is 0 Å². The first-order valence-corrected chi connectivity index (χ1v) is 9.50. The number of aliphatic hydroxyl groups excluding tert-OH is 2. The summed E-state index contributed by atoms with van der Waals surface area (Å²) in [5.41, 5.74) is 12.4. The van der Waals surface area contributed by atoms with E-state index in [9.17, 15) is 5.11 Å². The highest BCUT2D eigenvalue weighted by Crippen LogP contribution is 2.26. The molecule has 5 heteroatoms. The normalized spacial score (nSPS) is 18.6. The van der Waals surface area contributed by atoms with Crippen LogP contribution < -0.4 is 16.6 Å². The number of nitrogens with two attached hydrogens (primary N) is 1. The second-order valence-electron chi connectivity index (χ2n) is 6.94. The van der Waals surface area contributed by atoms with Gasteiger partial charge in [-0.05, 0) is 38.5 Å². The van der Waals surface area contributed by atoms with Gasteiger partial charge in [-0.3, -0.25) is 0 Å². The molecule has 1 rings (SSSR count). The molecule has 0 amide bonds.